The highest BCUT2D eigenvalue weighted by atomic mass is 35.5. The molecular formula is C23H30ClN4O3+. The Labute approximate surface area is 188 Å². The first-order valence-corrected chi connectivity index (χ1v) is 11.4. The van der Waals surface area contributed by atoms with Gasteiger partial charge >= 0.3 is 11.9 Å². The third-order valence-electron chi connectivity index (χ3n) is 7.08. The zero-order valence-corrected chi connectivity index (χ0v) is 18.9. The molecule has 1 unspecified atom stereocenters. The molecular weight excluding hydrogens is 416 g/mol. The quantitative estimate of drug-likeness (QED) is 0.722. The van der Waals surface area contributed by atoms with Crippen LogP contribution in [0.1, 0.15) is 44.1 Å². The van der Waals surface area contributed by atoms with Crippen LogP contribution in [-0.4, -0.2) is 77.7 Å². The Morgan fingerprint density at radius 1 is 1.13 bits per heavy atom. The molecule has 2 fully saturated rings. The molecule has 1 atom stereocenters. The number of hydrogen-bond acceptors (Lipinski definition) is 4. The predicted octanol–water partition coefficient (Wildman–Crippen LogP) is 2.41. The van der Waals surface area contributed by atoms with Crippen LogP contribution in [0.3, 0.4) is 0 Å². The van der Waals surface area contributed by atoms with Crippen molar-refractivity contribution in [2.75, 3.05) is 27.2 Å². The minimum atomic E-state index is -0.472. The molecule has 31 heavy (non-hydrogen) atoms. The fraction of sp³-hybridized carbons (Fsp3) is 0.565. The topological polar surface area (TPSA) is 72.7 Å². The van der Waals surface area contributed by atoms with Gasteiger partial charge in [-0.15, -0.1) is 0 Å². The van der Waals surface area contributed by atoms with Crippen LogP contribution in [0.4, 0.5) is 4.79 Å². The van der Waals surface area contributed by atoms with Crippen molar-refractivity contribution in [1.29, 1.82) is 0 Å². The number of amides is 4. The molecule has 0 spiro atoms. The number of nitrogens with zero attached hydrogens (tertiary/aromatic N) is 3. The molecule has 0 aromatic heterocycles. The molecule has 1 aromatic carbocycles. The van der Waals surface area contributed by atoms with Crippen LogP contribution in [0.5, 0.6) is 0 Å². The van der Waals surface area contributed by atoms with E-state index in [2.05, 4.69) is 10.2 Å². The van der Waals surface area contributed by atoms with E-state index >= 15 is 0 Å². The summed E-state index contributed by atoms with van der Waals surface area (Å²) in [5.41, 5.74) is 0.572. The Balaban J connectivity index is 1.40. The first kappa shape index (κ1) is 22.0. The van der Waals surface area contributed by atoms with E-state index in [9.17, 15) is 14.4 Å². The van der Waals surface area contributed by atoms with Crippen LogP contribution in [0.2, 0.25) is 5.02 Å². The first-order valence-electron chi connectivity index (χ1n) is 11.0. The summed E-state index contributed by atoms with van der Waals surface area (Å²) in [6.45, 7) is 1.39. The molecule has 2 heterocycles. The Hall–Kier alpha value is -2.25. The number of halogens is 1. The summed E-state index contributed by atoms with van der Waals surface area (Å²) in [6, 6.07) is 7.03. The van der Waals surface area contributed by atoms with Gasteiger partial charge in [-0.05, 0) is 43.4 Å². The molecule has 2 aliphatic heterocycles. The van der Waals surface area contributed by atoms with E-state index < -0.39 is 11.5 Å². The zero-order valence-electron chi connectivity index (χ0n) is 18.1. The number of carbonyl (C=O) groups excluding carboxylic acids is 3. The van der Waals surface area contributed by atoms with Crippen molar-refractivity contribution in [2.45, 2.75) is 56.0 Å². The maximum absolute atomic E-state index is 13.4. The summed E-state index contributed by atoms with van der Waals surface area (Å²) in [5.74, 6) is -0.0885. The van der Waals surface area contributed by atoms with E-state index in [1.54, 1.807) is 13.3 Å². The Morgan fingerprint density at radius 3 is 2.35 bits per heavy atom. The SMILES string of the molecule is CN1C(=O)C(N2CCC(NC(=O)C3(c4ccc(Cl)cc4)CCCC3)CC2)C=[N+](C)C1=O. The van der Waals surface area contributed by atoms with E-state index in [1.807, 2.05) is 24.3 Å². The molecule has 0 radical (unpaired) electrons. The lowest BCUT2D eigenvalue weighted by Gasteiger charge is -2.37. The highest BCUT2D eigenvalue weighted by molar-refractivity contribution is 6.30. The van der Waals surface area contributed by atoms with Gasteiger partial charge in [0.1, 0.15) is 6.21 Å². The normalized spacial score (nSPS) is 24.9. The molecule has 4 amide bonds. The Kier molecular flexibility index (Phi) is 6.17. The largest absolute Gasteiger partial charge is 0.500 e. The highest BCUT2D eigenvalue weighted by Gasteiger charge is 2.45. The summed E-state index contributed by atoms with van der Waals surface area (Å²) < 4.78 is 1.47. The van der Waals surface area contributed by atoms with Crippen LogP contribution in [0.15, 0.2) is 24.3 Å². The van der Waals surface area contributed by atoms with Gasteiger partial charge in [0.15, 0.2) is 6.04 Å². The number of hydrogen-bond donors (Lipinski definition) is 1. The smallest absolute Gasteiger partial charge is 0.353 e. The monoisotopic (exact) mass is 445 g/mol. The molecule has 0 bridgehead atoms. The fourth-order valence-corrected chi connectivity index (χ4v) is 5.28. The molecule has 1 saturated heterocycles. The molecule has 8 heteroatoms. The van der Waals surface area contributed by atoms with E-state index in [1.165, 1.54) is 16.5 Å². The van der Waals surface area contributed by atoms with Gasteiger partial charge in [-0.2, -0.15) is 9.69 Å². The molecule has 3 aliphatic rings. The van der Waals surface area contributed by atoms with E-state index in [0.717, 1.165) is 44.1 Å². The average Bonchev–Trinajstić information content (AvgIpc) is 3.27. The summed E-state index contributed by atoms with van der Waals surface area (Å²) in [5, 5.41) is 3.98. The highest BCUT2D eigenvalue weighted by Crippen LogP contribution is 2.42. The van der Waals surface area contributed by atoms with Gasteiger partial charge < -0.3 is 5.32 Å². The van der Waals surface area contributed by atoms with Crippen molar-refractivity contribution < 1.29 is 19.0 Å². The van der Waals surface area contributed by atoms with E-state index in [0.29, 0.717) is 18.1 Å². The Bertz CT molecular complexity index is 900. The lowest BCUT2D eigenvalue weighted by molar-refractivity contribution is -0.401. The van der Waals surface area contributed by atoms with Crippen molar-refractivity contribution in [1.82, 2.24) is 15.1 Å². The second kappa shape index (κ2) is 8.71. The van der Waals surface area contributed by atoms with Gasteiger partial charge in [-0.1, -0.05) is 36.6 Å². The number of carbonyl (C=O) groups is 3. The van der Waals surface area contributed by atoms with E-state index in [-0.39, 0.29) is 23.9 Å². The van der Waals surface area contributed by atoms with Crippen molar-refractivity contribution in [2.24, 2.45) is 0 Å². The van der Waals surface area contributed by atoms with Gasteiger partial charge in [0.25, 0.3) is 0 Å². The summed E-state index contributed by atoms with van der Waals surface area (Å²) in [7, 11) is 3.19. The minimum absolute atomic E-state index is 0.0873. The van der Waals surface area contributed by atoms with Crippen LogP contribution >= 0.6 is 11.6 Å². The van der Waals surface area contributed by atoms with Crippen molar-refractivity contribution in [3.8, 4) is 0 Å². The van der Waals surface area contributed by atoms with Crippen molar-refractivity contribution >= 4 is 35.7 Å². The predicted molar refractivity (Wildman–Crippen MR) is 119 cm³/mol. The van der Waals surface area contributed by atoms with Crippen LogP contribution < -0.4 is 5.32 Å². The average molecular weight is 446 g/mol. The third kappa shape index (κ3) is 4.13. The molecule has 1 N–H and O–H groups in total. The number of rotatable bonds is 4. The lowest BCUT2D eigenvalue weighted by Crippen LogP contribution is -2.59. The van der Waals surface area contributed by atoms with Crippen LogP contribution in [-0.2, 0) is 15.0 Å². The van der Waals surface area contributed by atoms with Gasteiger partial charge in [0.05, 0.1) is 19.5 Å². The molecule has 7 nitrogen and oxygen atoms in total. The number of likely N-dealkylation sites (tertiary alicyclic amines) is 1. The molecule has 1 saturated carbocycles. The number of piperidine rings is 1. The molecule has 1 aliphatic carbocycles. The number of benzene rings is 1. The standard InChI is InChI=1S/C23H29ClN4O3/c1-26-15-19(20(29)27(2)22(26)31)28-13-9-18(10-14-28)25-21(30)23(11-3-4-12-23)16-5-7-17(24)8-6-16/h5-8,15,18-19H,3-4,9-14H2,1-2H3/p+1. The second-order valence-corrected chi connectivity index (χ2v) is 9.40. The van der Waals surface area contributed by atoms with Crippen molar-refractivity contribution in [3.05, 3.63) is 34.9 Å². The molecule has 4 rings (SSSR count). The van der Waals surface area contributed by atoms with Gasteiger partial charge in [-0.3, -0.25) is 9.69 Å². The fourth-order valence-electron chi connectivity index (χ4n) is 5.16. The maximum Gasteiger partial charge on any atom is 0.500 e. The van der Waals surface area contributed by atoms with Gasteiger partial charge in [0.2, 0.25) is 5.91 Å². The maximum atomic E-state index is 13.4. The van der Waals surface area contributed by atoms with Crippen LogP contribution in [0, 0.1) is 0 Å². The first-order chi connectivity index (χ1) is 14.8. The molecule has 1 aromatic rings. The number of nitrogens with one attached hydrogen (secondary N) is 1. The number of urea groups is 1. The van der Waals surface area contributed by atoms with Crippen LogP contribution in [0.25, 0.3) is 0 Å². The van der Waals surface area contributed by atoms with Gasteiger partial charge in [-0.25, -0.2) is 9.37 Å². The van der Waals surface area contributed by atoms with Gasteiger partial charge in [0, 0.05) is 24.2 Å². The number of likely N-dealkylation sites (N-methyl/N-ethyl adjacent to an activating group) is 1. The summed E-state index contributed by atoms with van der Waals surface area (Å²) in [6.07, 6.45) is 7.07. The minimum Gasteiger partial charge on any atom is -0.353 e. The third-order valence-corrected chi connectivity index (χ3v) is 7.34. The van der Waals surface area contributed by atoms with Crippen molar-refractivity contribution in [3.63, 3.8) is 0 Å². The van der Waals surface area contributed by atoms with E-state index in [4.69, 9.17) is 11.6 Å². The Morgan fingerprint density at radius 2 is 1.74 bits per heavy atom. The second-order valence-electron chi connectivity index (χ2n) is 8.96. The zero-order chi connectivity index (χ0) is 22.2. The molecule has 166 valence electrons. The summed E-state index contributed by atoms with van der Waals surface area (Å²) >= 11 is 6.06. The number of imide groups is 1. The summed E-state index contributed by atoms with van der Waals surface area (Å²) in [4.78, 5) is 41.2. The lowest BCUT2D eigenvalue weighted by atomic mass is 9.77.